The lowest BCUT2D eigenvalue weighted by molar-refractivity contribution is 0.767. The van der Waals surface area contributed by atoms with E-state index in [4.69, 9.17) is 11.6 Å². The summed E-state index contributed by atoms with van der Waals surface area (Å²) < 4.78 is 1.80. The van der Waals surface area contributed by atoms with Gasteiger partial charge < -0.3 is 10.2 Å². The second kappa shape index (κ2) is 5.66. The molecule has 1 unspecified atom stereocenters. The third-order valence-electron chi connectivity index (χ3n) is 3.73. The number of nitrogens with one attached hydrogen (secondary N) is 1. The molecule has 0 saturated carbocycles. The van der Waals surface area contributed by atoms with Crippen molar-refractivity contribution in [3.63, 3.8) is 0 Å². The van der Waals surface area contributed by atoms with Crippen molar-refractivity contribution in [1.29, 1.82) is 5.26 Å². The SMILES string of the molecule is Cn1cc(N2CCC(Nc3c(Cl)cccc3C#N)C2)cn1. The van der Waals surface area contributed by atoms with E-state index in [0.717, 1.165) is 30.9 Å². The standard InChI is InChI=1S/C15H16ClN5/c1-20-10-13(8-18-20)21-6-5-12(9-21)19-15-11(7-17)3-2-4-14(15)16/h2-4,8,10,12,19H,5-6,9H2,1H3. The summed E-state index contributed by atoms with van der Waals surface area (Å²) in [5, 5.41) is 17.4. The Kier molecular flexibility index (Phi) is 3.72. The maximum atomic E-state index is 9.18. The van der Waals surface area contributed by atoms with E-state index in [2.05, 4.69) is 21.4 Å². The molecule has 1 aromatic carbocycles. The number of halogens is 1. The first-order valence-electron chi connectivity index (χ1n) is 6.86. The van der Waals surface area contributed by atoms with E-state index in [0.29, 0.717) is 10.6 Å². The van der Waals surface area contributed by atoms with Crippen LogP contribution >= 0.6 is 11.6 Å². The monoisotopic (exact) mass is 301 g/mol. The predicted octanol–water partition coefficient (Wildman–Crippen LogP) is 2.64. The lowest BCUT2D eigenvalue weighted by atomic mass is 10.1. The van der Waals surface area contributed by atoms with E-state index in [1.165, 1.54) is 0 Å². The molecule has 1 aliphatic rings. The number of hydrogen-bond donors (Lipinski definition) is 1. The third kappa shape index (κ3) is 2.81. The van der Waals surface area contributed by atoms with E-state index < -0.39 is 0 Å². The van der Waals surface area contributed by atoms with Crippen molar-refractivity contribution >= 4 is 23.0 Å². The summed E-state index contributed by atoms with van der Waals surface area (Å²) in [5.41, 5.74) is 2.45. The number of aryl methyl sites for hydroxylation is 1. The third-order valence-corrected chi connectivity index (χ3v) is 4.04. The van der Waals surface area contributed by atoms with Gasteiger partial charge in [0.15, 0.2) is 0 Å². The van der Waals surface area contributed by atoms with Gasteiger partial charge >= 0.3 is 0 Å². The number of aromatic nitrogens is 2. The molecule has 6 heteroatoms. The molecule has 3 rings (SSSR count). The van der Waals surface area contributed by atoms with Crippen molar-refractivity contribution in [1.82, 2.24) is 9.78 Å². The van der Waals surface area contributed by atoms with Gasteiger partial charge in [-0.3, -0.25) is 4.68 Å². The first-order valence-corrected chi connectivity index (χ1v) is 7.24. The summed E-state index contributed by atoms with van der Waals surface area (Å²) >= 11 is 6.20. The predicted molar refractivity (Wildman–Crippen MR) is 83.6 cm³/mol. The Balaban J connectivity index is 1.72. The summed E-state index contributed by atoms with van der Waals surface area (Å²) in [4.78, 5) is 2.29. The normalized spacial score (nSPS) is 17.8. The van der Waals surface area contributed by atoms with Crippen LogP contribution in [0.4, 0.5) is 11.4 Å². The van der Waals surface area contributed by atoms with Gasteiger partial charge in [-0.15, -0.1) is 0 Å². The van der Waals surface area contributed by atoms with Crippen LogP contribution < -0.4 is 10.2 Å². The molecule has 1 saturated heterocycles. The number of rotatable bonds is 3. The zero-order chi connectivity index (χ0) is 14.8. The van der Waals surface area contributed by atoms with Crippen molar-refractivity contribution in [2.45, 2.75) is 12.5 Å². The van der Waals surface area contributed by atoms with E-state index >= 15 is 0 Å². The topological polar surface area (TPSA) is 56.9 Å². The maximum Gasteiger partial charge on any atom is 0.101 e. The van der Waals surface area contributed by atoms with E-state index in [9.17, 15) is 5.26 Å². The van der Waals surface area contributed by atoms with Gasteiger partial charge in [0, 0.05) is 32.4 Å². The molecule has 21 heavy (non-hydrogen) atoms. The van der Waals surface area contributed by atoms with Crippen molar-refractivity contribution in [2.75, 3.05) is 23.3 Å². The number of benzene rings is 1. The zero-order valence-corrected chi connectivity index (χ0v) is 12.5. The van der Waals surface area contributed by atoms with Crippen LogP contribution in [-0.4, -0.2) is 28.9 Å². The van der Waals surface area contributed by atoms with Crippen LogP contribution in [0.3, 0.4) is 0 Å². The van der Waals surface area contributed by atoms with Crippen LogP contribution in [0.1, 0.15) is 12.0 Å². The van der Waals surface area contributed by atoms with Gasteiger partial charge in [0.1, 0.15) is 6.07 Å². The van der Waals surface area contributed by atoms with Crippen LogP contribution in [-0.2, 0) is 7.05 Å². The van der Waals surface area contributed by atoms with Gasteiger partial charge in [0.25, 0.3) is 0 Å². The van der Waals surface area contributed by atoms with Crippen molar-refractivity contribution in [3.05, 3.63) is 41.2 Å². The first kappa shape index (κ1) is 13.8. The summed E-state index contributed by atoms with van der Waals surface area (Å²) in [5.74, 6) is 0. The Morgan fingerprint density at radius 3 is 3.05 bits per heavy atom. The Morgan fingerprint density at radius 2 is 2.33 bits per heavy atom. The summed E-state index contributed by atoms with van der Waals surface area (Å²) in [7, 11) is 1.91. The molecule has 0 radical (unpaired) electrons. The molecule has 1 aromatic heterocycles. The average molecular weight is 302 g/mol. The molecule has 0 spiro atoms. The van der Waals surface area contributed by atoms with E-state index in [-0.39, 0.29) is 6.04 Å². The van der Waals surface area contributed by atoms with Gasteiger partial charge in [0.05, 0.1) is 28.2 Å². The van der Waals surface area contributed by atoms with E-state index in [1.807, 2.05) is 19.4 Å². The van der Waals surface area contributed by atoms with Crippen LogP contribution in [0.25, 0.3) is 0 Å². The van der Waals surface area contributed by atoms with Gasteiger partial charge in [-0.25, -0.2) is 0 Å². The minimum Gasteiger partial charge on any atom is -0.378 e. The van der Waals surface area contributed by atoms with Crippen LogP contribution in [0.2, 0.25) is 5.02 Å². The average Bonchev–Trinajstić information content (AvgIpc) is 3.10. The number of para-hydroxylation sites is 1. The lowest BCUT2D eigenvalue weighted by Crippen LogP contribution is -2.26. The number of anilines is 2. The highest BCUT2D eigenvalue weighted by Crippen LogP contribution is 2.28. The number of hydrogen-bond acceptors (Lipinski definition) is 4. The number of nitriles is 1. The molecule has 0 bridgehead atoms. The zero-order valence-electron chi connectivity index (χ0n) is 11.8. The quantitative estimate of drug-likeness (QED) is 0.947. The molecular weight excluding hydrogens is 286 g/mol. The van der Waals surface area contributed by atoms with Gasteiger partial charge in [-0.2, -0.15) is 10.4 Å². The highest BCUT2D eigenvalue weighted by atomic mass is 35.5. The molecule has 2 heterocycles. The second-order valence-electron chi connectivity index (χ2n) is 5.22. The van der Waals surface area contributed by atoms with Crippen LogP contribution in [0, 0.1) is 11.3 Å². The molecule has 108 valence electrons. The first-order chi connectivity index (χ1) is 10.2. The molecule has 1 aliphatic heterocycles. The van der Waals surface area contributed by atoms with Gasteiger partial charge in [0.2, 0.25) is 0 Å². The van der Waals surface area contributed by atoms with Crippen LogP contribution in [0.15, 0.2) is 30.6 Å². The Hall–Kier alpha value is -2.19. The van der Waals surface area contributed by atoms with Crippen molar-refractivity contribution in [2.24, 2.45) is 7.05 Å². The largest absolute Gasteiger partial charge is 0.378 e. The fraction of sp³-hybridized carbons (Fsp3) is 0.333. The fourth-order valence-corrected chi connectivity index (χ4v) is 2.88. The Morgan fingerprint density at radius 1 is 1.48 bits per heavy atom. The summed E-state index contributed by atoms with van der Waals surface area (Å²) in [6, 6.07) is 7.84. The fourth-order valence-electron chi connectivity index (χ4n) is 2.65. The van der Waals surface area contributed by atoms with Crippen molar-refractivity contribution in [3.8, 4) is 6.07 Å². The van der Waals surface area contributed by atoms with Gasteiger partial charge in [-0.05, 0) is 18.6 Å². The lowest BCUT2D eigenvalue weighted by Gasteiger charge is -2.18. The van der Waals surface area contributed by atoms with Crippen molar-refractivity contribution < 1.29 is 0 Å². The van der Waals surface area contributed by atoms with Gasteiger partial charge in [-0.1, -0.05) is 17.7 Å². The molecule has 5 nitrogen and oxygen atoms in total. The maximum absolute atomic E-state index is 9.18. The molecule has 1 atom stereocenters. The summed E-state index contributed by atoms with van der Waals surface area (Å²) in [6.07, 6.45) is 4.89. The second-order valence-corrected chi connectivity index (χ2v) is 5.63. The molecule has 0 aliphatic carbocycles. The summed E-state index contributed by atoms with van der Waals surface area (Å²) in [6.45, 7) is 1.84. The van der Waals surface area contributed by atoms with E-state index in [1.54, 1.807) is 22.9 Å². The molecule has 0 amide bonds. The minimum absolute atomic E-state index is 0.275. The Bertz CT molecular complexity index is 688. The molecule has 2 aromatic rings. The highest BCUT2D eigenvalue weighted by molar-refractivity contribution is 6.33. The Labute approximate surface area is 128 Å². The smallest absolute Gasteiger partial charge is 0.101 e. The molecule has 1 N–H and O–H groups in total. The minimum atomic E-state index is 0.275. The molecule has 1 fully saturated rings. The highest BCUT2D eigenvalue weighted by Gasteiger charge is 2.24. The number of nitrogens with zero attached hydrogens (tertiary/aromatic N) is 4. The van der Waals surface area contributed by atoms with Crippen LogP contribution in [0.5, 0.6) is 0 Å². The molecular formula is C15H16ClN5.